The van der Waals surface area contributed by atoms with Crippen LogP contribution >= 0.6 is 0 Å². The molecule has 2 aromatic rings. The minimum absolute atomic E-state index is 0.221. The molecule has 1 spiro atoms. The molecule has 26 heavy (non-hydrogen) atoms. The number of nitrogens with zero attached hydrogens (tertiary/aromatic N) is 3. The van der Waals surface area contributed by atoms with Crippen LogP contribution in [0.15, 0.2) is 36.7 Å². The highest BCUT2D eigenvalue weighted by atomic mass is 16.2. The highest BCUT2D eigenvalue weighted by Gasteiger charge is 2.51. The summed E-state index contributed by atoms with van der Waals surface area (Å²) in [6.45, 7) is 0.785. The second kappa shape index (κ2) is 5.98. The van der Waals surface area contributed by atoms with Crippen molar-refractivity contribution in [3.8, 4) is 0 Å². The SMILES string of the molecule is CN1C(=O)NC2(CCN(C(=O)Nc3cncc4ccccc34)CC2)C1=O. The Morgan fingerprint density at radius 2 is 1.92 bits per heavy atom. The molecule has 0 radical (unpaired) electrons. The van der Waals surface area contributed by atoms with Gasteiger partial charge < -0.3 is 15.5 Å². The smallest absolute Gasteiger partial charge is 0.324 e. The van der Waals surface area contributed by atoms with Crippen LogP contribution in [0.4, 0.5) is 15.3 Å². The second-order valence-corrected chi connectivity index (χ2v) is 6.70. The van der Waals surface area contributed by atoms with E-state index in [0.717, 1.165) is 15.7 Å². The second-order valence-electron chi connectivity index (χ2n) is 6.70. The number of anilines is 1. The molecule has 8 heteroatoms. The van der Waals surface area contributed by atoms with Gasteiger partial charge in [0.2, 0.25) is 0 Å². The average Bonchev–Trinajstić information content (AvgIpc) is 2.86. The molecule has 5 amide bonds. The Morgan fingerprint density at radius 1 is 1.19 bits per heavy atom. The Balaban J connectivity index is 1.46. The van der Waals surface area contributed by atoms with E-state index in [9.17, 15) is 14.4 Å². The van der Waals surface area contributed by atoms with Gasteiger partial charge in [0.05, 0.1) is 11.9 Å². The number of carbonyl (C=O) groups excluding carboxylic acids is 3. The molecular formula is C18H19N5O3. The molecule has 2 fully saturated rings. The van der Waals surface area contributed by atoms with Crippen LogP contribution in [-0.4, -0.2) is 58.4 Å². The molecule has 0 unspecified atom stereocenters. The maximum Gasteiger partial charge on any atom is 0.324 e. The van der Waals surface area contributed by atoms with E-state index in [-0.39, 0.29) is 18.0 Å². The van der Waals surface area contributed by atoms with Crippen molar-refractivity contribution in [1.82, 2.24) is 20.1 Å². The number of urea groups is 2. The van der Waals surface area contributed by atoms with Crippen molar-refractivity contribution in [2.24, 2.45) is 0 Å². The van der Waals surface area contributed by atoms with E-state index in [4.69, 9.17) is 0 Å². The maximum absolute atomic E-state index is 12.6. The number of rotatable bonds is 1. The lowest BCUT2D eigenvalue weighted by Gasteiger charge is -2.37. The Hall–Kier alpha value is -3.16. The number of piperidine rings is 1. The molecule has 2 N–H and O–H groups in total. The van der Waals surface area contributed by atoms with Crippen molar-refractivity contribution in [1.29, 1.82) is 0 Å². The van der Waals surface area contributed by atoms with Gasteiger partial charge in [0.1, 0.15) is 5.54 Å². The molecule has 2 aliphatic rings. The number of benzene rings is 1. The van der Waals surface area contributed by atoms with Crippen LogP contribution in [0.3, 0.4) is 0 Å². The summed E-state index contributed by atoms with van der Waals surface area (Å²) in [6, 6.07) is 7.09. The van der Waals surface area contributed by atoms with E-state index in [1.54, 1.807) is 17.3 Å². The number of pyridine rings is 1. The number of imide groups is 1. The molecule has 0 saturated carbocycles. The van der Waals surface area contributed by atoms with Gasteiger partial charge in [-0.05, 0) is 12.8 Å². The van der Waals surface area contributed by atoms with E-state index in [1.165, 1.54) is 7.05 Å². The largest absolute Gasteiger partial charge is 0.324 e. The maximum atomic E-state index is 12.6. The standard InChI is InChI=1S/C18H19N5O3/c1-22-15(24)18(21-17(22)26)6-8-23(9-7-18)16(25)20-14-11-19-10-12-4-2-3-5-13(12)14/h2-5,10-11H,6-9H2,1H3,(H,20,25)(H,21,26). The van der Waals surface area contributed by atoms with Crippen LogP contribution in [0.5, 0.6) is 0 Å². The van der Waals surface area contributed by atoms with Gasteiger partial charge in [0.15, 0.2) is 0 Å². The first-order valence-corrected chi connectivity index (χ1v) is 8.49. The first-order valence-electron chi connectivity index (χ1n) is 8.49. The zero-order chi connectivity index (χ0) is 18.3. The normalized spacial score (nSPS) is 19.1. The summed E-state index contributed by atoms with van der Waals surface area (Å²) in [5.74, 6) is -0.221. The molecule has 2 saturated heterocycles. The lowest BCUT2D eigenvalue weighted by molar-refractivity contribution is -0.131. The summed E-state index contributed by atoms with van der Waals surface area (Å²) < 4.78 is 0. The van der Waals surface area contributed by atoms with Crippen molar-refractivity contribution in [3.63, 3.8) is 0 Å². The van der Waals surface area contributed by atoms with E-state index in [2.05, 4.69) is 15.6 Å². The van der Waals surface area contributed by atoms with Crippen molar-refractivity contribution in [2.75, 3.05) is 25.5 Å². The summed E-state index contributed by atoms with van der Waals surface area (Å²) in [5.41, 5.74) is -0.220. The summed E-state index contributed by atoms with van der Waals surface area (Å²) >= 11 is 0. The fourth-order valence-corrected chi connectivity index (χ4v) is 3.60. The third kappa shape index (κ3) is 2.54. The lowest BCUT2D eigenvalue weighted by Crippen LogP contribution is -2.56. The quantitative estimate of drug-likeness (QED) is 0.764. The van der Waals surface area contributed by atoms with Gasteiger partial charge >= 0.3 is 12.1 Å². The number of hydrogen-bond acceptors (Lipinski definition) is 4. The van der Waals surface area contributed by atoms with Gasteiger partial charge in [-0.25, -0.2) is 9.59 Å². The average molecular weight is 353 g/mol. The number of amides is 5. The van der Waals surface area contributed by atoms with Crippen LogP contribution in [0.25, 0.3) is 10.8 Å². The summed E-state index contributed by atoms with van der Waals surface area (Å²) in [5, 5.41) is 7.55. The van der Waals surface area contributed by atoms with Gasteiger partial charge in [-0.2, -0.15) is 0 Å². The van der Waals surface area contributed by atoms with Crippen LogP contribution in [0, 0.1) is 0 Å². The third-order valence-electron chi connectivity index (χ3n) is 5.18. The molecule has 1 aromatic carbocycles. The van der Waals surface area contributed by atoms with Gasteiger partial charge in [-0.1, -0.05) is 24.3 Å². The monoisotopic (exact) mass is 353 g/mol. The molecule has 0 atom stereocenters. The molecule has 0 aliphatic carbocycles. The number of fused-ring (bicyclic) bond motifs is 1. The minimum atomic E-state index is -0.871. The Labute approximate surface area is 150 Å². The minimum Gasteiger partial charge on any atom is -0.324 e. The molecule has 3 heterocycles. The predicted octanol–water partition coefficient (Wildman–Crippen LogP) is 1.78. The van der Waals surface area contributed by atoms with Crippen LogP contribution < -0.4 is 10.6 Å². The third-order valence-corrected chi connectivity index (χ3v) is 5.18. The molecular weight excluding hydrogens is 334 g/mol. The topological polar surface area (TPSA) is 94.6 Å². The zero-order valence-electron chi connectivity index (χ0n) is 14.4. The first-order chi connectivity index (χ1) is 12.5. The Morgan fingerprint density at radius 3 is 2.62 bits per heavy atom. The van der Waals surface area contributed by atoms with E-state index < -0.39 is 5.54 Å². The number of carbonyl (C=O) groups is 3. The van der Waals surface area contributed by atoms with Crippen molar-refractivity contribution < 1.29 is 14.4 Å². The summed E-state index contributed by atoms with van der Waals surface area (Å²) in [4.78, 5) is 43.6. The van der Waals surface area contributed by atoms with Crippen LogP contribution in [0.2, 0.25) is 0 Å². The van der Waals surface area contributed by atoms with Gasteiger partial charge in [-0.3, -0.25) is 14.7 Å². The van der Waals surface area contributed by atoms with Gasteiger partial charge in [0.25, 0.3) is 5.91 Å². The number of likely N-dealkylation sites (tertiary alicyclic amines) is 1. The van der Waals surface area contributed by atoms with Crippen molar-refractivity contribution in [3.05, 3.63) is 36.7 Å². The molecule has 4 rings (SSSR count). The zero-order valence-corrected chi connectivity index (χ0v) is 14.4. The first kappa shape index (κ1) is 16.3. The number of likely N-dealkylation sites (N-methyl/N-ethyl adjacent to an activating group) is 1. The van der Waals surface area contributed by atoms with Gasteiger partial charge in [-0.15, -0.1) is 0 Å². The molecule has 0 bridgehead atoms. The lowest BCUT2D eigenvalue weighted by atomic mass is 9.87. The van der Waals surface area contributed by atoms with E-state index in [0.29, 0.717) is 31.6 Å². The van der Waals surface area contributed by atoms with Crippen LogP contribution in [-0.2, 0) is 4.79 Å². The summed E-state index contributed by atoms with van der Waals surface area (Å²) in [7, 11) is 1.47. The van der Waals surface area contributed by atoms with Crippen LogP contribution in [0.1, 0.15) is 12.8 Å². The number of hydrogen-bond donors (Lipinski definition) is 2. The van der Waals surface area contributed by atoms with E-state index >= 15 is 0 Å². The highest BCUT2D eigenvalue weighted by molar-refractivity contribution is 6.07. The molecule has 134 valence electrons. The molecule has 2 aliphatic heterocycles. The van der Waals surface area contributed by atoms with E-state index in [1.807, 2.05) is 24.3 Å². The fourth-order valence-electron chi connectivity index (χ4n) is 3.60. The predicted molar refractivity (Wildman–Crippen MR) is 95.6 cm³/mol. The van der Waals surface area contributed by atoms with Gasteiger partial charge in [0, 0.05) is 37.1 Å². The highest BCUT2D eigenvalue weighted by Crippen LogP contribution is 2.29. The fraction of sp³-hybridized carbons (Fsp3) is 0.333. The number of nitrogens with one attached hydrogen (secondary N) is 2. The number of aromatic nitrogens is 1. The Kier molecular flexibility index (Phi) is 3.75. The van der Waals surface area contributed by atoms with Crippen molar-refractivity contribution in [2.45, 2.75) is 18.4 Å². The molecule has 1 aromatic heterocycles. The van der Waals surface area contributed by atoms with Crippen molar-refractivity contribution >= 4 is 34.4 Å². The Bertz CT molecular complexity index is 899. The summed E-state index contributed by atoms with van der Waals surface area (Å²) in [6.07, 6.45) is 4.19. The molecule has 8 nitrogen and oxygen atoms in total.